The molecule has 3 fully saturated rings. The lowest BCUT2D eigenvalue weighted by molar-refractivity contribution is -0.136. The molecule has 0 bridgehead atoms. The molecule has 3 amide bonds. The van der Waals surface area contributed by atoms with Gasteiger partial charge in [0.15, 0.2) is 23.6 Å². The van der Waals surface area contributed by atoms with Crippen LogP contribution in [0, 0.1) is 17.8 Å². The minimum atomic E-state index is -4.70. The van der Waals surface area contributed by atoms with E-state index >= 15 is 0 Å². The zero-order chi connectivity index (χ0) is 62.2. The van der Waals surface area contributed by atoms with Gasteiger partial charge in [-0.25, -0.2) is 0 Å². The van der Waals surface area contributed by atoms with E-state index in [1.807, 2.05) is 66.7 Å². The standard InChI is InChI=1S/C66H73ClF3N7O7S2.H3NS/c1-45(2)76(29-6-8-46-11-23-58-52(38-46)43-77(65(58)81)60-25-26-62(78)72-64(60)80)41-47-12-22-57(48-13-18-53(67)19-14-48)51(39-47)42-74-31-33-75(34-32-74)55-20-15-49(16-21-55)63(79)50-17-24-59(61(40-50)83-84-86-66(68,69)70)71-54(44-85-56-9-4-3-5-10-56)27-30-73-28-7-36-82-37-35-73;1-2/h3-5,9-11,13-21,23-24,38,40,45,47,54,60,71H,7,12,22,25-37,39,41-44H2,1-2H3,(H,72,78,80);2H,1H2. The number of anilines is 2. The molecule has 3 atom stereocenters. The number of thiol groups is 1. The first kappa shape index (κ1) is 66.4. The van der Waals surface area contributed by atoms with Crippen molar-refractivity contribution in [3.8, 4) is 17.6 Å². The number of carbonyl (C=O) groups excluding carboxylic acids is 4. The van der Waals surface area contributed by atoms with Crippen molar-refractivity contribution in [2.24, 2.45) is 11.1 Å². The minimum absolute atomic E-state index is 0.0308. The number of nitrogens with one attached hydrogen (secondary N) is 2. The SMILES string of the molecule is CC(C)N(CC#Cc1ccc2c(c1)CN(C1CCC(=O)NC1=O)C2=O)CC1CCC(c2ccc(Cl)cc2)=C(CN2CCN(c3ccc(C(=O)c4ccc(NC(CCN5CCCOCC5)CSc5ccccc5)c(OOSC(F)(F)F)c4)cc3)CC2)C1.NS. The van der Waals surface area contributed by atoms with Crippen LogP contribution >= 0.6 is 48.2 Å². The van der Waals surface area contributed by atoms with Crippen LogP contribution in [0.4, 0.5) is 24.5 Å². The number of halogens is 4. The Hall–Kier alpha value is -6.03. The smallest absolute Gasteiger partial charge is 0.380 e. The van der Waals surface area contributed by atoms with Gasteiger partial charge in [0.25, 0.3) is 5.91 Å². The average Bonchev–Trinajstić information content (AvgIpc) is 2.39. The number of piperazine rings is 1. The number of benzene rings is 5. The van der Waals surface area contributed by atoms with Gasteiger partial charge in [-0.15, -0.1) is 28.9 Å². The van der Waals surface area contributed by atoms with E-state index in [1.165, 1.54) is 22.8 Å². The van der Waals surface area contributed by atoms with Crippen LogP contribution in [-0.2, 0) is 25.2 Å². The van der Waals surface area contributed by atoms with Crippen LogP contribution in [-0.4, -0.2) is 151 Å². The maximum atomic E-state index is 14.1. The quantitative estimate of drug-likeness (QED) is 0.00756. The molecular weight excluding hydrogens is 1210 g/mol. The van der Waals surface area contributed by atoms with E-state index in [-0.39, 0.29) is 47.4 Å². The number of hydrogen-bond acceptors (Lipinski definition) is 16. The molecular formula is C66H76ClF3N8O7S3. The number of hydrogen-bond donors (Lipinski definition) is 4. The molecule has 4 N–H and O–H groups in total. The van der Waals surface area contributed by atoms with Gasteiger partial charge in [0.05, 0.1) is 18.8 Å². The van der Waals surface area contributed by atoms with Crippen molar-refractivity contribution >= 4 is 88.7 Å². The Morgan fingerprint density at radius 2 is 1.65 bits per heavy atom. The number of nitrogens with two attached hydrogens (primary N) is 1. The maximum Gasteiger partial charge on any atom is 0.471 e. The van der Waals surface area contributed by atoms with Crippen LogP contribution in [0.1, 0.15) is 102 Å². The Kier molecular flexibility index (Phi) is 24.2. The zero-order valence-electron chi connectivity index (χ0n) is 49.6. The summed E-state index contributed by atoms with van der Waals surface area (Å²) in [7, 11) is 0. The molecule has 5 aromatic carbocycles. The van der Waals surface area contributed by atoms with Crippen LogP contribution in [0.5, 0.6) is 5.75 Å². The van der Waals surface area contributed by atoms with Gasteiger partial charge in [-0.3, -0.25) is 39.4 Å². The Labute approximate surface area is 533 Å². The molecule has 4 heterocycles. The van der Waals surface area contributed by atoms with E-state index in [4.69, 9.17) is 21.2 Å². The number of amides is 3. The number of piperidine rings is 1. The molecule has 88 heavy (non-hydrogen) atoms. The molecule has 4 aliphatic heterocycles. The summed E-state index contributed by atoms with van der Waals surface area (Å²) in [5.74, 6) is 6.59. The number of imide groups is 1. The Morgan fingerprint density at radius 1 is 0.886 bits per heavy atom. The number of fused-ring (bicyclic) bond motifs is 1. The number of rotatable bonds is 22. The summed E-state index contributed by atoms with van der Waals surface area (Å²) < 4.78 is 50.2. The van der Waals surface area contributed by atoms with Crippen molar-refractivity contribution in [2.75, 3.05) is 94.6 Å². The van der Waals surface area contributed by atoms with E-state index in [1.54, 1.807) is 47.0 Å². The minimum Gasteiger partial charge on any atom is -0.380 e. The molecule has 5 aromatic rings. The van der Waals surface area contributed by atoms with Gasteiger partial charge in [-0.1, -0.05) is 59.3 Å². The zero-order valence-corrected chi connectivity index (χ0v) is 52.9. The van der Waals surface area contributed by atoms with Crippen molar-refractivity contribution in [3.05, 3.63) is 159 Å². The number of alkyl halides is 3. The number of carbonyl (C=O) groups is 4. The Bertz CT molecular complexity index is 3280. The van der Waals surface area contributed by atoms with Crippen LogP contribution < -0.4 is 25.6 Å². The Morgan fingerprint density at radius 3 is 2.39 bits per heavy atom. The molecule has 22 heteroatoms. The highest BCUT2D eigenvalue weighted by molar-refractivity contribution is 7.99. The van der Waals surface area contributed by atoms with Gasteiger partial charge in [0, 0.05) is 134 Å². The molecule has 5 aliphatic rings. The van der Waals surface area contributed by atoms with Crippen LogP contribution in [0.3, 0.4) is 0 Å². The fraction of sp³-hybridized carbons (Fsp3) is 0.424. The molecule has 468 valence electrons. The highest BCUT2D eigenvalue weighted by Gasteiger charge is 2.39. The highest BCUT2D eigenvalue weighted by Crippen LogP contribution is 2.39. The molecule has 0 aromatic heterocycles. The predicted molar refractivity (Wildman–Crippen MR) is 346 cm³/mol. The van der Waals surface area contributed by atoms with Crippen molar-refractivity contribution in [2.45, 2.75) is 93.9 Å². The lowest BCUT2D eigenvalue weighted by atomic mass is 9.80. The van der Waals surface area contributed by atoms with Crippen molar-refractivity contribution in [1.29, 1.82) is 0 Å². The van der Waals surface area contributed by atoms with E-state index in [2.05, 4.69) is 90.3 Å². The topological polar surface area (TPSA) is 162 Å². The summed E-state index contributed by atoms with van der Waals surface area (Å²) in [5.41, 5.74) is 3.62. The summed E-state index contributed by atoms with van der Waals surface area (Å²) in [6.45, 7) is 14.3. The van der Waals surface area contributed by atoms with Gasteiger partial charge in [0.2, 0.25) is 11.8 Å². The number of ether oxygens (including phenoxy) is 1. The summed E-state index contributed by atoms with van der Waals surface area (Å²) in [6, 6.07) is 35.6. The highest BCUT2D eigenvalue weighted by atomic mass is 35.5. The van der Waals surface area contributed by atoms with E-state index in [0.29, 0.717) is 59.6 Å². The third kappa shape index (κ3) is 18.5. The third-order valence-electron chi connectivity index (χ3n) is 16.7. The number of nitrogens with zero attached hydrogens (tertiary/aromatic N) is 5. The van der Waals surface area contributed by atoms with Gasteiger partial charge < -0.3 is 29.6 Å². The lowest BCUT2D eigenvalue weighted by Gasteiger charge is -2.39. The summed E-state index contributed by atoms with van der Waals surface area (Å²) in [6.07, 6.45) is 5.18. The average molecular weight is 1280 g/mol. The van der Waals surface area contributed by atoms with Crippen LogP contribution in [0.25, 0.3) is 5.57 Å². The fourth-order valence-corrected chi connectivity index (χ4v) is 13.3. The number of ketones is 1. The molecule has 0 radical (unpaired) electrons. The van der Waals surface area contributed by atoms with E-state index in [9.17, 15) is 32.3 Å². The number of allylic oxidation sites excluding steroid dienone is 1. The molecule has 0 saturated carbocycles. The summed E-state index contributed by atoms with van der Waals surface area (Å²) in [4.78, 5) is 69.4. The monoisotopic (exact) mass is 1280 g/mol. The molecule has 3 saturated heterocycles. The van der Waals surface area contributed by atoms with Gasteiger partial charge in [0.1, 0.15) is 6.04 Å². The predicted octanol–water partition coefficient (Wildman–Crippen LogP) is 11.4. The second kappa shape index (κ2) is 32.1. The van der Waals surface area contributed by atoms with Crippen LogP contribution in [0.2, 0.25) is 5.02 Å². The molecule has 3 unspecified atom stereocenters. The van der Waals surface area contributed by atoms with Crippen molar-refractivity contribution in [3.63, 3.8) is 0 Å². The molecule has 0 spiro atoms. The fourth-order valence-electron chi connectivity index (χ4n) is 12.0. The van der Waals surface area contributed by atoms with Crippen molar-refractivity contribution in [1.82, 2.24) is 24.9 Å². The first-order valence-corrected chi connectivity index (χ1v) is 32.5. The molecule has 10 rings (SSSR count). The maximum absolute atomic E-state index is 14.1. The summed E-state index contributed by atoms with van der Waals surface area (Å²) in [5, 5.41) is 10.8. The van der Waals surface area contributed by atoms with Crippen molar-refractivity contribution < 1.29 is 46.3 Å². The van der Waals surface area contributed by atoms with Gasteiger partial charge >= 0.3 is 5.51 Å². The Balaban J connectivity index is 0.00000456. The van der Waals surface area contributed by atoms with E-state index < -0.39 is 29.5 Å². The summed E-state index contributed by atoms with van der Waals surface area (Å²) >= 11 is 10.3. The lowest BCUT2D eigenvalue weighted by Crippen LogP contribution is -2.52. The molecule has 15 nitrogen and oxygen atoms in total. The number of thioether (sulfide) groups is 1. The first-order valence-electron chi connectivity index (χ1n) is 29.9. The second-order valence-corrected chi connectivity index (χ2v) is 25.2. The third-order valence-corrected chi connectivity index (χ3v) is 18.4. The first-order chi connectivity index (χ1) is 42.6. The van der Waals surface area contributed by atoms with Gasteiger partial charge in [-0.2, -0.15) is 13.2 Å². The van der Waals surface area contributed by atoms with E-state index in [0.717, 1.165) is 119 Å². The largest absolute Gasteiger partial charge is 0.471 e. The van der Waals surface area contributed by atoms with Gasteiger partial charge in [-0.05, 0) is 160 Å². The molecule has 1 aliphatic carbocycles. The van der Waals surface area contributed by atoms with Crippen LogP contribution in [0.15, 0.2) is 126 Å². The normalized spacial score (nSPS) is 18.9. The second-order valence-electron chi connectivity index (χ2n) is 22.9.